The molecule has 0 bridgehead atoms. The van der Waals surface area contributed by atoms with Gasteiger partial charge in [-0.3, -0.25) is 20.4 Å². The van der Waals surface area contributed by atoms with Gasteiger partial charge in [-0.2, -0.15) is 0 Å². The van der Waals surface area contributed by atoms with Crippen molar-refractivity contribution >= 4 is 29.1 Å². The minimum atomic E-state index is -0.699. The molecule has 0 aliphatic heterocycles. The van der Waals surface area contributed by atoms with Gasteiger partial charge in [-0.25, -0.2) is 4.79 Å². The standard InChI is InChI=1S/C22H20N2O5S/c1-15-6-4-7-16(12-15)13-28-18-9-3-2-8-17(18)22(27)29-14-20(25)23-24-21(26)19-10-5-11-30-19/h2-12H,13-14H2,1H3,(H,23,25)(H,24,26). The smallest absolute Gasteiger partial charge is 0.342 e. The van der Waals surface area contributed by atoms with Crippen molar-refractivity contribution < 1.29 is 23.9 Å². The van der Waals surface area contributed by atoms with Crippen LogP contribution in [0.15, 0.2) is 66.0 Å². The van der Waals surface area contributed by atoms with Crippen LogP contribution in [-0.2, 0) is 16.1 Å². The molecular formula is C22H20N2O5S. The number of aryl methyl sites for hydroxylation is 1. The molecule has 1 aromatic heterocycles. The summed E-state index contributed by atoms with van der Waals surface area (Å²) in [6, 6.07) is 17.8. The zero-order valence-corrected chi connectivity index (χ0v) is 17.0. The third kappa shape index (κ3) is 5.92. The summed E-state index contributed by atoms with van der Waals surface area (Å²) in [5, 5.41) is 1.75. The number of ether oxygens (including phenoxy) is 2. The summed E-state index contributed by atoms with van der Waals surface area (Å²) in [5.74, 6) is -1.45. The Morgan fingerprint density at radius 3 is 2.57 bits per heavy atom. The Morgan fingerprint density at radius 1 is 0.967 bits per heavy atom. The average Bonchev–Trinajstić information content (AvgIpc) is 3.30. The molecule has 7 nitrogen and oxygen atoms in total. The average molecular weight is 424 g/mol. The molecular weight excluding hydrogens is 404 g/mol. The zero-order valence-electron chi connectivity index (χ0n) is 16.2. The number of hydrogen-bond donors (Lipinski definition) is 2. The van der Waals surface area contributed by atoms with E-state index in [9.17, 15) is 14.4 Å². The fourth-order valence-electron chi connectivity index (χ4n) is 2.56. The number of carbonyl (C=O) groups is 3. The Hall–Kier alpha value is -3.65. The third-order valence-corrected chi connectivity index (χ3v) is 4.85. The van der Waals surface area contributed by atoms with Crippen molar-refractivity contribution in [2.24, 2.45) is 0 Å². The van der Waals surface area contributed by atoms with Crippen molar-refractivity contribution in [3.8, 4) is 5.75 Å². The summed E-state index contributed by atoms with van der Waals surface area (Å²) in [5.41, 5.74) is 6.75. The molecule has 3 aromatic rings. The van der Waals surface area contributed by atoms with E-state index in [0.717, 1.165) is 11.1 Å². The second-order valence-corrected chi connectivity index (χ2v) is 7.28. The lowest BCUT2D eigenvalue weighted by Crippen LogP contribution is -2.43. The SMILES string of the molecule is Cc1cccc(COc2ccccc2C(=O)OCC(=O)NNC(=O)c2cccs2)c1. The maximum atomic E-state index is 12.4. The van der Waals surface area contributed by atoms with E-state index in [1.54, 1.807) is 41.8 Å². The first-order valence-electron chi connectivity index (χ1n) is 9.10. The van der Waals surface area contributed by atoms with Gasteiger partial charge in [0.05, 0.1) is 4.88 Å². The van der Waals surface area contributed by atoms with E-state index in [2.05, 4.69) is 10.9 Å². The van der Waals surface area contributed by atoms with Gasteiger partial charge in [-0.05, 0) is 36.1 Å². The molecule has 0 unspecified atom stereocenters. The summed E-state index contributed by atoms with van der Waals surface area (Å²) in [6.07, 6.45) is 0. The number of carbonyl (C=O) groups excluding carboxylic acids is 3. The number of hydrogen-bond acceptors (Lipinski definition) is 6. The van der Waals surface area contributed by atoms with Gasteiger partial charge in [-0.1, -0.05) is 48.0 Å². The largest absolute Gasteiger partial charge is 0.488 e. The molecule has 0 atom stereocenters. The van der Waals surface area contributed by atoms with Crippen LogP contribution in [0.25, 0.3) is 0 Å². The Kier molecular flexibility index (Phi) is 7.18. The molecule has 30 heavy (non-hydrogen) atoms. The second-order valence-electron chi connectivity index (χ2n) is 6.33. The maximum absolute atomic E-state index is 12.4. The lowest BCUT2D eigenvalue weighted by atomic mass is 10.1. The minimum absolute atomic E-state index is 0.209. The first-order chi connectivity index (χ1) is 14.5. The van der Waals surface area contributed by atoms with E-state index < -0.39 is 24.4 Å². The molecule has 0 aliphatic carbocycles. The van der Waals surface area contributed by atoms with Gasteiger partial charge in [0.2, 0.25) is 0 Å². The number of thiophene rings is 1. The summed E-state index contributed by atoms with van der Waals surface area (Å²) in [6.45, 7) is 1.74. The van der Waals surface area contributed by atoms with Crippen LogP contribution in [0.3, 0.4) is 0 Å². The fourth-order valence-corrected chi connectivity index (χ4v) is 3.18. The van der Waals surface area contributed by atoms with Gasteiger partial charge in [0.25, 0.3) is 11.8 Å². The first-order valence-corrected chi connectivity index (χ1v) is 9.98. The first kappa shape index (κ1) is 21.1. The van der Waals surface area contributed by atoms with Crippen molar-refractivity contribution in [3.63, 3.8) is 0 Å². The van der Waals surface area contributed by atoms with Crippen LogP contribution < -0.4 is 15.6 Å². The molecule has 2 amide bonds. The van der Waals surface area contributed by atoms with Crippen molar-refractivity contribution in [1.82, 2.24) is 10.9 Å². The molecule has 1 heterocycles. The highest BCUT2D eigenvalue weighted by molar-refractivity contribution is 7.12. The number of amides is 2. The van der Waals surface area contributed by atoms with Gasteiger partial charge in [-0.15, -0.1) is 11.3 Å². The quantitative estimate of drug-likeness (QED) is 0.449. The van der Waals surface area contributed by atoms with Crippen molar-refractivity contribution in [2.45, 2.75) is 13.5 Å². The maximum Gasteiger partial charge on any atom is 0.342 e. The lowest BCUT2D eigenvalue weighted by molar-refractivity contribution is -0.125. The van der Waals surface area contributed by atoms with Crippen LogP contribution in [0.1, 0.15) is 31.2 Å². The molecule has 0 radical (unpaired) electrons. The van der Waals surface area contributed by atoms with E-state index in [-0.39, 0.29) is 5.56 Å². The van der Waals surface area contributed by atoms with Crippen LogP contribution in [-0.4, -0.2) is 24.4 Å². The van der Waals surface area contributed by atoms with Crippen LogP contribution in [0.2, 0.25) is 0 Å². The Morgan fingerprint density at radius 2 is 1.80 bits per heavy atom. The van der Waals surface area contributed by atoms with E-state index in [1.807, 2.05) is 31.2 Å². The van der Waals surface area contributed by atoms with Crippen LogP contribution in [0.4, 0.5) is 0 Å². The van der Waals surface area contributed by atoms with Gasteiger partial charge >= 0.3 is 5.97 Å². The number of nitrogens with one attached hydrogen (secondary N) is 2. The summed E-state index contributed by atoms with van der Waals surface area (Å²) < 4.78 is 10.8. The Bertz CT molecular complexity index is 1030. The molecule has 0 saturated heterocycles. The normalized spacial score (nSPS) is 10.2. The minimum Gasteiger partial charge on any atom is -0.488 e. The monoisotopic (exact) mass is 424 g/mol. The van der Waals surface area contributed by atoms with E-state index in [4.69, 9.17) is 9.47 Å². The van der Waals surface area contributed by atoms with Crippen molar-refractivity contribution in [1.29, 1.82) is 0 Å². The molecule has 0 saturated carbocycles. The Labute approximate surface area is 177 Å². The van der Waals surface area contributed by atoms with Crippen molar-refractivity contribution in [2.75, 3.05) is 6.61 Å². The van der Waals surface area contributed by atoms with Crippen LogP contribution >= 0.6 is 11.3 Å². The van der Waals surface area contributed by atoms with Gasteiger partial charge in [0, 0.05) is 0 Å². The van der Waals surface area contributed by atoms with Gasteiger partial charge in [0.15, 0.2) is 6.61 Å². The molecule has 0 spiro atoms. The molecule has 0 fully saturated rings. The second kappa shape index (κ2) is 10.2. The highest BCUT2D eigenvalue weighted by atomic mass is 32.1. The highest BCUT2D eigenvalue weighted by Gasteiger charge is 2.16. The topological polar surface area (TPSA) is 93.7 Å². The van der Waals surface area contributed by atoms with E-state index in [0.29, 0.717) is 17.2 Å². The number of hydrazine groups is 1. The molecule has 0 aliphatic rings. The molecule has 2 aromatic carbocycles. The van der Waals surface area contributed by atoms with E-state index in [1.165, 1.54) is 11.3 Å². The van der Waals surface area contributed by atoms with Crippen LogP contribution in [0, 0.1) is 6.92 Å². The third-order valence-electron chi connectivity index (χ3n) is 3.98. The van der Waals surface area contributed by atoms with Gasteiger partial charge in [0.1, 0.15) is 17.9 Å². The highest BCUT2D eigenvalue weighted by Crippen LogP contribution is 2.20. The molecule has 2 N–H and O–H groups in total. The number of para-hydroxylation sites is 1. The number of esters is 1. The number of rotatable bonds is 7. The fraction of sp³-hybridized carbons (Fsp3) is 0.136. The van der Waals surface area contributed by atoms with E-state index >= 15 is 0 Å². The van der Waals surface area contributed by atoms with Crippen molar-refractivity contribution in [3.05, 3.63) is 87.6 Å². The lowest BCUT2D eigenvalue weighted by Gasteiger charge is -2.12. The van der Waals surface area contributed by atoms with Crippen LogP contribution in [0.5, 0.6) is 5.75 Å². The molecule has 8 heteroatoms. The summed E-state index contributed by atoms with van der Waals surface area (Å²) >= 11 is 1.24. The predicted octanol–water partition coefficient (Wildman–Crippen LogP) is 3.25. The molecule has 3 rings (SSSR count). The predicted molar refractivity (Wildman–Crippen MR) is 112 cm³/mol. The summed E-state index contributed by atoms with van der Waals surface area (Å²) in [4.78, 5) is 36.5. The molecule has 154 valence electrons. The Balaban J connectivity index is 1.51. The van der Waals surface area contributed by atoms with Gasteiger partial charge < -0.3 is 9.47 Å². The number of benzene rings is 2. The zero-order chi connectivity index (χ0) is 21.3. The summed E-state index contributed by atoms with van der Waals surface area (Å²) in [7, 11) is 0.